The van der Waals surface area contributed by atoms with Crippen LogP contribution in [0.5, 0.6) is 0 Å². The Morgan fingerprint density at radius 1 is 1.30 bits per heavy atom. The Hall–Kier alpha value is -1.36. The smallest absolute Gasteiger partial charge is 0.330 e. The van der Waals surface area contributed by atoms with Crippen LogP contribution in [0.15, 0.2) is 15.8 Å². The molecule has 12 heteroatoms. The van der Waals surface area contributed by atoms with Gasteiger partial charge in [0, 0.05) is 6.16 Å². The van der Waals surface area contributed by atoms with Crippen molar-refractivity contribution < 1.29 is 33.3 Å². The van der Waals surface area contributed by atoms with E-state index in [2.05, 4.69) is 0 Å². The number of aliphatic hydroxyl groups is 2. The summed E-state index contributed by atoms with van der Waals surface area (Å²) in [5.41, 5.74) is -2.27. The molecule has 27 heavy (non-hydrogen) atoms. The molecule has 0 saturated carbocycles. The van der Waals surface area contributed by atoms with Crippen molar-refractivity contribution in [1.82, 2.24) is 9.55 Å². The van der Waals surface area contributed by atoms with Crippen LogP contribution in [-0.4, -0.2) is 55.7 Å². The molecule has 1 aromatic rings. The number of aromatic nitrogens is 2. The molecule has 1 aliphatic rings. The lowest BCUT2D eigenvalue weighted by atomic mass is 10.1. The van der Waals surface area contributed by atoms with Gasteiger partial charge in [0.15, 0.2) is 6.23 Å². The maximum Gasteiger partial charge on any atom is 0.330 e. The largest absolute Gasteiger partial charge is 0.387 e. The van der Waals surface area contributed by atoms with Gasteiger partial charge in [0.2, 0.25) is 5.82 Å². The Morgan fingerprint density at radius 2 is 2.00 bits per heavy atom. The summed E-state index contributed by atoms with van der Waals surface area (Å²) in [4.78, 5) is 34.4. The van der Waals surface area contributed by atoms with E-state index in [1.807, 2.05) is 6.92 Å². The van der Waals surface area contributed by atoms with Gasteiger partial charge < -0.3 is 24.4 Å². The van der Waals surface area contributed by atoms with Crippen LogP contribution >= 0.6 is 7.60 Å². The Balaban J connectivity index is 2.00. The molecule has 2 rings (SSSR count). The highest BCUT2D eigenvalue weighted by atomic mass is 31.2. The average Bonchev–Trinajstić information content (AvgIpc) is 2.88. The Labute approximate surface area is 154 Å². The molecule has 1 saturated heterocycles. The van der Waals surface area contributed by atoms with E-state index in [0.717, 1.165) is 19.3 Å². The van der Waals surface area contributed by atoms with Crippen molar-refractivity contribution in [1.29, 1.82) is 0 Å². The number of halogens is 1. The zero-order valence-electron chi connectivity index (χ0n) is 14.8. The quantitative estimate of drug-likeness (QED) is 0.330. The first-order valence-corrected chi connectivity index (χ1v) is 10.4. The standard InChI is InChI=1S/C15H24FN2O8P/c1-2-3-4-5-6-27(23,24)25-8-10-11(19)12(20)14(26-10)18-7-9(16)13(21)17-15(18)22/h7,10-12,14,19-20H,2-6,8H2,1H3,(H,23,24)(H,17,21,22)/t10-,11-,12-,14-/m1/s1. The van der Waals surface area contributed by atoms with E-state index in [1.165, 1.54) is 0 Å². The molecule has 4 N–H and O–H groups in total. The van der Waals surface area contributed by atoms with Gasteiger partial charge in [0.25, 0.3) is 5.56 Å². The SMILES string of the molecule is CCCCCCP(=O)(O)OC[C@H]1O[C@@H](n2cc(F)c(=O)[nH]c2=O)[C@H](O)[C@@H]1O. The van der Waals surface area contributed by atoms with Crippen molar-refractivity contribution in [3.05, 3.63) is 32.9 Å². The zero-order chi connectivity index (χ0) is 20.2. The van der Waals surface area contributed by atoms with Crippen molar-refractivity contribution in [3.63, 3.8) is 0 Å². The van der Waals surface area contributed by atoms with Crippen LogP contribution in [0.4, 0.5) is 4.39 Å². The monoisotopic (exact) mass is 410 g/mol. The summed E-state index contributed by atoms with van der Waals surface area (Å²) in [7, 11) is -3.90. The fraction of sp³-hybridized carbons (Fsp3) is 0.733. The highest BCUT2D eigenvalue weighted by molar-refractivity contribution is 7.52. The second-order valence-electron chi connectivity index (χ2n) is 6.41. The summed E-state index contributed by atoms with van der Waals surface area (Å²) >= 11 is 0. The number of nitrogens with zero attached hydrogens (tertiary/aromatic N) is 1. The molecular formula is C15H24FN2O8P. The van der Waals surface area contributed by atoms with Crippen LogP contribution in [0, 0.1) is 5.82 Å². The highest BCUT2D eigenvalue weighted by Crippen LogP contribution is 2.44. The molecule has 0 aromatic carbocycles. The Morgan fingerprint density at radius 3 is 2.67 bits per heavy atom. The molecule has 1 aliphatic heterocycles. The highest BCUT2D eigenvalue weighted by Gasteiger charge is 2.45. The minimum Gasteiger partial charge on any atom is -0.387 e. The minimum absolute atomic E-state index is 0.0492. The van der Waals surface area contributed by atoms with Crippen molar-refractivity contribution >= 4 is 7.60 Å². The molecule has 10 nitrogen and oxygen atoms in total. The van der Waals surface area contributed by atoms with E-state index >= 15 is 0 Å². The number of aliphatic hydroxyl groups excluding tert-OH is 2. The third kappa shape index (κ3) is 5.56. The molecule has 1 fully saturated rings. The second-order valence-corrected chi connectivity index (χ2v) is 8.39. The second kappa shape index (κ2) is 9.22. The van der Waals surface area contributed by atoms with Gasteiger partial charge in [-0.15, -0.1) is 0 Å². The summed E-state index contributed by atoms with van der Waals surface area (Å²) in [6.07, 6.45) is -2.19. The molecule has 154 valence electrons. The van der Waals surface area contributed by atoms with Gasteiger partial charge in [-0.1, -0.05) is 26.2 Å². The third-order valence-corrected chi connectivity index (χ3v) is 5.70. The van der Waals surface area contributed by atoms with Crippen LogP contribution in [0.25, 0.3) is 0 Å². The van der Waals surface area contributed by atoms with Gasteiger partial charge in [-0.3, -0.25) is 18.9 Å². The van der Waals surface area contributed by atoms with Crippen molar-refractivity contribution in [2.75, 3.05) is 12.8 Å². The first kappa shape index (κ1) is 21.9. The van der Waals surface area contributed by atoms with Crippen LogP contribution in [0.2, 0.25) is 0 Å². The number of ether oxygens (including phenoxy) is 1. The summed E-state index contributed by atoms with van der Waals surface area (Å²) in [5, 5.41) is 20.1. The molecule has 1 unspecified atom stereocenters. The fourth-order valence-electron chi connectivity index (χ4n) is 2.74. The van der Waals surface area contributed by atoms with Gasteiger partial charge in [-0.2, -0.15) is 4.39 Å². The number of rotatable bonds is 9. The molecule has 0 bridgehead atoms. The topological polar surface area (TPSA) is 151 Å². The normalized spacial score (nSPS) is 27.6. The van der Waals surface area contributed by atoms with Crippen molar-refractivity contribution in [3.8, 4) is 0 Å². The van der Waals surface area contributed by atoms with Gasteiger partial charge in [0.05, 0.1) is 12.8 Å². The Bertz CT molecular complexity index is 797. The molecule has 2 heterocycles. The number of nitrogens with one attached hydrogen (secondary N) is 1. The minimum atomic E-state index is -3.90. The predicted octanol–water partition coefficient (Wildman–Crippen LogP) is 0.0772. The van der Waals surface area contributed by atoms with E-state index in [0.29, 0.717) is 17.2 Å². The lowest BCUT2D eigenvalue weighted by Crippen LogP contribution is -2.38. The zero-order valence-corrected chi connectivity index (χ0v) is 15.7. The molecular weight excluding hydrogens is 386 g/mol. The lowest BCUT2D eigenvalue weighted by Gasteiger charge is -2.18. The maximum absolute atomic E-state index is 13.4. The summed E-state index contributed by atoms with van der Waals surface area (Å²) in [6.45, 7) is 1.51. The molecule has 0 spiro atoms. The molecule has 1 aromatic heterocycles. The van der Waals surface area contributed by atoms with Crippen molar-refractivity contribution in [2.45, 2.75) is 57.1 Å². The van der Waals surface area contributed by atoms with Crippen LogP contribution in [0.3, 0.4) is 0 Å². The predicted molar refractivity (Wildman–Crippen MR) is 92.0 cm³/mol. The van der Waals surface area contributed by atoms with Gasteiger partial charge in [-0.05, 0) is 6.42 Å². The van der Waals surface area contributed by atoms with Crippen LogP contribution < -0.4 is 11.2 Å². The summed E-state index contributed by atoms with van der Waals surface area (Å²) in [6, 6.07) is 0. The molecule has 5 atom stereocenters. The molecule has 0 aliphatic carbocycles. The fourth-order valence-corrected chi connectivity index (χ4v) is 3.87. The molecule has 0 amide bonds. The number of hydrogen-bond acceptors (Lipinski definition) is 7. The average molecular weight is 410 g/mol. The van der Waals surface area contributed by atoms with Gasteiger partial charge >= 0.3 is 13.3 Å². The van der Waals surface area contributed by atoms with Crippen LogP contribution in [-0.2, 0) is 13.8 Å². The molecule has 0 radical (unpaired) electrons. The van der Waals surface area contributed by atoms with E-state index in [9.17, 15) is 33.7 Å². The number of H-pyrrole nitrogens is 1. The number of hydrogen-bond donors (Lipinski definition) is 4. The van der Waals surface area contributed by atoms with E-state index in [-0.39, 0.29) is 6.16 Å². The van der Waals surface area contributed by atoms with E-state index in [1.54, 1.807) is 4.98 Å². The lowest BCUT2D eigenvalue weighted by molar-refractivity contribution is -0.0529. The van der Waals surface area contributed by atoms with Gasteiger partial charge in [0.1, 0.15) is 18.3 Å². The van der Waals surface area contributed by atoms with E-state index < -0.39 is 55.8 Å². The Kier molecular flexibility index (Phi) is 7.49. The third-order valence-electron chi connectivity index (χ3n) is 4.27. The first-order valence-electron chi connectivity index (χ1n) is 8.65. The van der Waals surface area contributed by atoms with Gasteiger partial charge in [-0.25, -0.2) is 4.79 Å². The summed E-state index contributed by atoms with van der Waals surface area (Å²) < 4.78 is 36.3. The van der Waals surface area contributed by atoms with E-state index in [4.69, 9.17) is 9.26 Å². The van der Waals surface area contributed by atoms with Crippen LogP contribution in [0.1, 0.15) is 38.8 Å². The number of unbranched alkanes of at least 4 members (excludes halogenated alkanes) is 3. The number of aromatic amines is 1. The first-order chi connectivity index (χ1) is 12.7. The summed E-state index contributed by atoms with van der Waals surface area (Å²) in [5.74, 6) is -1.27. The maximum atomic E-state index is 13.4. The van der Waals surface area contributed by atoms with Crippen molar-refractivity contribution in [2.24, 2.45) is 0 Å².